The molecule has 0 spiro atoms. The number of rotatable bonds is 8. The van der Waals surface area contributed by atoms with Crippen molar-refractivity contribution >= 4 is 38.8 Å². The fourth-order valence-corrected chi connectivity index (χ4v) is 4.68. The Hall–Kier alpha value is -3.31. The predicted molar refractivity (Wildman–Crippen MR) is 131 cm³/mol. The normalized spacial score (nSPS) is 17.8. The van der Waals surface area contributed by atoms with Gasteiger partial charge < -0.3 is 15.4 Å². The van der Waals surface area contributed by atoms with Crippen LogP contribution in [0.1, 0.15) is 19.3 Å². The van der Waals surface area contributed by atoms with Gasteiger partial charge in [0.05, 0.1) is 23.4 Å². The number of hydrogen-bond donors (Lipinski definition) is 2. The summed E-state index contributed by atoms with van der Waals surface area (Å²) in [5.41, 5.74) is 2.54. The summed E-state index contributed by atoms with van der Waals surface area (Å²) in [4.78, 5) is 21.6. The summed E-state index contributed by atoms with van der Waals surface area (Å²) in [5.74, 6) is 0.601. The Morgan fingerprint density at radius 3 is 2.82 bits per heavy atom. The lowest BCUT2D eigenvalue weighted by Crippen LogP contribution is -2.32. The van der Waals surface area contributed by atoms with Crippen molar-refractivity contribution in [3.63, 3.8) is 0 Å². The second-order valence-corrected chi connectivity index (χ2v) is 8.99. The van der Waals surface area contributed by atoms with Crippen LogP contribution in [-0.4, -0.2) is 61.7 Å². The van der Waals surface area contributed by atoms with Crippen LogP contribution in [0.4, 0.5) is 5.95 Å². The average molecular weight is 525 g/mol. The molecule has 2 atom stereocenters. The van der Waals surface area contributed by atoms with E-state index in [0.29, 0.717) is 29.4 Å². The summed E-state index contributed by atoms with van der Waals surface area (Å²) in [7, 11) is 1.62. The lowest BCUT2D eigenvalue weighted by molar-refractivity contribution is -0.125. The number of nitrogens with one attached hydrogen (secondary N) is 2. The Morgan fingerprint density at radius 2 is 2.06 bits per heavy atom. The number of ether oxygens (including phenoxy) is 1. The first-order chi connectivity index (χ1) is 16.6. The lowest BCUT2D eigenvalue weighted by atomic mass is 10.1. The molecule has 0 saturated heterocycles. The topological polar surface area (TPSA) is 112 Å². The number of amides is 1. The van der Waals surface area contributed by atoms with Gasteiger partial charge in [-0.3, -0.25) is 4.79 Å². The van der Waals surface area contributed by atoms with E-state index in [1.165, 1.54) is 0 Å². The number of methoxy groups -OCH3 is 1. The van der Waals surface area contributed by atoms with Crippen molar-refractivity contribution in [2.45, 2.75) is 25.3 Å². The van der Waals surface area contributed by atoms with E-state index in [-0.39, 0.29) is 17.9 Å². The summed E-state index contributed by atoms with van der Waals surface area (Å²) in [6.07, 6.45) is 7.89. The van der Waals surface area contributed by atoms with Crippen molar-refractivity contribution in [2.75, 3.05) is 25.6 Å². The van der Waals surface area contributed by atoms with E-state index in [9.17, 15) is 4.79 Å². The molecule has 5 rings (SSSR count). The highest BCUT2D eigenvalue weighted by Crippen LogP contribution is 2.29. The Morgan fingerprint density at radius 1 is 1.24 bits per heavy atom. The molecular formula is C23H25BrN8O2. The number of carbonyl (C=O) groups is 1. The molecule has 0 radical (unpaired) electrons. The highest BCUT2D eigenvalue weighted by Gasteiger charge is 2.30. The van der Waals surface area contributed by atoms with Crippen molar-refractivity contribution in [3.8, 4) is 11.4 Å². The van der Waals surface area contributed by atoms with Crippen molar-refractivity contribution in [1.29, 1.82) is 0 Å². The Bertz CT molecular complexity index is 1270. The first-order valence-electron chi connectivity index (χ1n) is 11.2. The van der Waals surface area contributed by atoms with Gasteiger partial charge in [-0.1, -0.05) is 0 Å². The van der Waals surface area contributed by atoms with E-state index in [0.717, 1.165) is 36.0 Å². The first-order valence-corrected chi connectivity index (χ1v) is 12.0. The highest BCUT2D eigenvalue weighted by molar-refractivity contribution is 9.10. The third-order valence-electron chi connectivity index (χ3n) is 5.98. The summed E-state index contributed by atoms with van der Waals surface area (Å²) < 4.78 is 9.27. The Balaban J connectivity index is 1.32. The van der Waals surface area contributed by atoms with Crippen LogP contribution in [0.2, 0.25) is 0 Å². The standard InChI is InChI=1S/C23H25BrN8O2/c1-34-12-10-25-22(33)15-3-4-16(13-15)28-23-26-14-19-20(24)30-32(21(19)29-23)18-7-5-17(6-8-18)31-11-2-9-27-31/h2,5-9,11,14-16H,3-4,10,12-13H2,1H3,(H,25,33)(H,26,28,29)/t15-,16-/m1/s1. The minimum Gasteiger partial charge on any atom is -0.383 e. The van der Waals surface area contributed by atoms with Crippen LogP contribution in [0.25, 0.3) is 22.4 Å². The maximum atomic E-state index is 12.3. The molecule has 10 nitrogen and oxygen atoms in total. The maximum absolute atomic E-state index is 12.3. The van der Waals surface area contributed by atoms with Gasteiger partial charge in [0.1, 0.15) is 4.60 Å². The fourth-order valence-electron chi connectivity index (χ4n) is 4.24. The smallest absolute Gasteiger partial charge is 0.224 e. The number of nitrogens with zero attached hydrogens (tertiary/aromatic N) is 6. The van der Waals surface area contributed by atoms with E-state index in [1.807, 2.05) is 36.5 Å². The van der Waals surface area contributed by atoms with Crippen molar-refractivity contribution in [1.82, 2.24) is 34.8 Å². The third kappa shape index (κ3) is 4.66. The molecule has 11 heteroatoms. The summed E-state index contributed by atoms with van der Waals surface area (Å²) in [5, 5.41) is 16.0. The van der Waals surface area contributed by atoms with Crippen LogP contribution < -0.4 is 10.6 Å². The van der Waals surface area contributed by atoms with Gasteiger partial charge in [0.15, 0.2) is 5.65 Å². The van der Waals surface area contributed by atoms with Crippen LogP contribution in [0.5, 0.6) is 0 Å². The largest absolute Gasteiger partial charge is 0.383 e. The van der Waals surface area contributed by atoms with Crippen molar-refractivity contribution < 1.29 is 9.53 Å². The molecule has 0 unspecified atom stereocenters. The first kappa shape index (κ1) is 22.5. The van der Waals surface area contributed by atoms with Crippen LogP contribution >= 0.6 is 15.9 Å². The molecule has 1 aliphatic rings. The van der Waals surface area contributed by atoms with Gasteiger partial charge in [-0.15, -0.1) is 0 Å². The molecule has 0 aliphatic heterocycles. The van der Waals surface area contributed by atoms with Gasteiger partial charge >= 0.3 is 0 Å². The number of hydrogen-bond acceptors (Lipinski definition) is 7. The molecule has 1 amide bonds. The number of halogens is 1. The second-order valence-electron chi connectivity index (χ2n) is 8.24. The van der Waals surface area contributed by atoms with Crippen molar-refractivity contribution in [2.24, 2.45) is 5.92 Å². The summed E-state index contributed by atoms with van der Waals surface area (Å²) >= 11 is 3.52. The second kappa shape index (κ2) is 9.90. The minimum absolute atomic E-state index is 0.00828. The Kier molecular flexibility index (Phi) is 6.54. The van der Waals surface area contributed by atoms with Gasteiger partial charge in [-0.05, 0) is 65.5 Å². The quantitative estimate of drug-likeness (QED) is 0.340. The van der Waals surface area contributed by atoms with Gasteiger partial charge in [0.25, 0.3) is 0 Å². The number of benzene rings is 1. The molecule has 1 aromatic carbocycles. The van der Waals surface area contributed by atoms with E-state index < -0.39 is 0 Å². The summed E-state index contributed by atoms with van der Waals surface area (Å²) in [6.45, 7) is 1.05. The van der Waals surface area contributed by atoms with Gasteiger partial charge in [0.2, 0.25) is 11.9 Å². The van der Waals surface area contributed by atoms with Gasteiger partial charge in [-0.25, -0.2) is 14.3 Å². The zero-order chi connectivity index (χ0) is 23.5. The van der Waals surface area contributed by atoms with E-state index in [1.54, 1.807) is 28.9 Å². The maximum Gasteiger partial charge on any atom is 0.224 e. The number of fused-ring (bicyclic) bond motifs is 1. The van der Waals surface area contributed by atoms with E-state index >= 15 is 0 Å². The number of aromatic nitrogens is 6. The fraction of sp³-hybridized carbons (Fsp3) is 0.348. The van der Waals surface area contributed by atoms with Crippen LogP contribution in [0.3, 0.4) is 0 Å². The molecule has 176 valence electrons. The molecule has 1 aliphatic carbocycles. The van der Waals surface area contributed by atoms with Gasteiger partial charge in [0, 0.05) is 44.2 Å². The lowest BCUT2D eigenvalue weighted by Gasteiger charge is -2.14. The van der Waals surface area contributed by atoms with Crippen LogP contribution in [0, 0.1) is 5.92 Å². The zero-order valence-corrected chi connectivity index (χ0v) is 20.3. The zero-order valence-electron chi connectivity index (χ0n) is 18.7. The number of anilines is 1. The average Bonchev–Trinajstić information content (AvgIpc) is 3.61. The van der Waals surface area contributed by atoms with Crippen LogP contribution in [0.15, 0.2) is 53.5 Å². The highest BCUT2D eigenvalue weighted by atomic mass is 79.9. The molecule has 4 aromatic rings. The molecule has 3 heterocycles. The predicted octanol–water partition coefficient (Wildman–Crippen LogP) is 3.11. The molecule has 1 saturated carbocycles. The molecule has 34 heavy (non-hydrogen) atoms. The molecule has 2 N–H and O–H groups in total. The van der Waals surface area contributed by atoms with Gasteiger partial charge in [-0.2, -0.15) is 15.2 Å². The monoisotopic (exact) mass is 524 g/mol. The SMILES string of the molecule is COCCNC(=O)[C@@H]1CC[C@@H](Nc2ncc3c(Br)nn(-c4ccc(-n5cccn5)cc4)c3n2)C1. The number of carbonyl (C=O) groups excluding carboxylic acids is 1. The molecule has 3 aromatic heterocycles. The molecule has 0 bridgehead atoms. The third-order valence-corrected chi connectivity index (χ3v) is 6.57. The minimum atomic E-state index is -0.00828. The molecule has 1 fully saturated rings. The van der Waals surface area contributed by atoms with E-state index in [4.69, 9.17) is 9.72 Å². The Labute approximate surface area is 204 Å². The van der Waals surface area contributed by atoms with E-state index in [2.05, 4.69) is 41.7 Å². The van der Waals surface area contributed by atoms with Crippen LogP contribution in [-0.2, 0) is 9.53 Å². The summed E-state index contributed by atoms with van der Waals surface area (Å²) in [6, 6.07) is 9.96. The molecular weight excluding hydrogens is 500 g/mol. The van der Waals surface area contributed by atoms with Crippen molar-refractivity contribution in [3.05, 3.63) is 53.5 Å².